The summed E-state index contributed by atoms with van der Waals surface area (Å²) < 4.78 is 0. The smallest absolute Gasteiger partial charge is 0.292 e. The van der Waals surface area contributed by atoms with Crippen LogP contribution in [0.25, 0.3) is 0 Å². The van der Waals surface area contributed by atoms with E-state index in [0.717, 1.165) is 0 Å². The number of halogens is 2. The molecule has 2 aromatic carbocycles. The molecule has 0 aromatic heterocycles. The van der Waals surface area contributed by atoms with Crippen LogP contribution in [-0.2, 0) is 0 Å². The highest BCUT2D eigenvalue weighted by molar-refractivity contribution is 6.42. The van der Waals surface area contributed by atoms with Crippen molar-refractivity contribution in [2.45, 2.75) is 0 Å². The van der Waals surface area contributed by atoms with Crippen LogP contribution in [0.2, 0.25) is 10.0 Å². The van der Waals surface area contributed by atoms with Crippen molar-refractivity contribution in [3.8, 4) is 0 Å². The van der Waals surface area contributed by atoms with E-state index in [9.17, 15) is 14.9 Å². The molecule has 25 heavy (non-hydrogen) atoms. The van der Waals surface area contributed by atoms with Gasteiger partial charge in [0.2, 0.25) is 0 Å². The average molecular weight is 380 g/mol. The van der Waals surface area contributed by atoms with Crippen molar-refractivity contribution in [2.24, 2.45) is 0 Å². The lowest BCUT2D eigenvalue weighted by atomic mass is 10.1. The van der Waals surface area contributed by atoms with Crippen molar-refractivity contribution in [3.05, 3.63) is 68.2 Å². The zero-order chi connectivity index (χ0) is 18.0. The minimum Gasteiger partial charge on any atom is -0.362 e. The molecule has 6 nitrogen and oxygen atoms in total. The number of carbonyl (C=O) groups excluding carboxylic acids is 1. The number of benzene rings is 2. The fraction of sp³-hybridized carbons (Fsp3) is 0.235. The van der Waals surface area contributed by atoms with E-state index in [1.165, 1.54) is 6.07 Å². The summed E-state index contributed by atoms with van der Waals surface area (Å²) in [6.45, 7) is 2.01. The quantitative estimate of drug-likeness (QED) is 0.599. The molecule has 8 heteroatoms. The van der Waals surface area contributed by atoms with Crippen molar-refractivity contribution in [2.75, 3.05) is 31.1 Å². The molecule has 0 bridgehead atoms. The van der Waals surface area contributed by atoms with Crippen molar-refractivity contribution in [1.29, 1.82) is 0 Å². The highest BCUT2D eigenvalue weighted by Crippen LogP contribution is 2.29. The van der Waals surface area contributed by atoms with Gasteiger partial charge in [-0.05, 0) is 24.3 Å². The van der Waals surface area contributed by atoms with Gasteiger partial charge < -0.3 is 9.80 Å². The van der Waals surface area contributed by atoms with Crippen LogP contribution in [-0.4, -0.2) is 41.9 Å². The highest BCUT2D eigenvalue weighted by Gasteiger charge is 2.26. The SMILES string of the molecule is O=C(c1ccc(Cl)c(Cl)c1)N1CCN(c2ccccc2[N+](=O)[O-])CC1. The molecule has 1 fully saturated rings. The molecule has 0 unspecified atom stereocenters. The maximum absolute atomic E-state index is 12.6. The Labute approximate surface area is 154 Å². The van der Waals surface area contributed by atoms with E-state index < -0.39 is 0 Å². The van der Waals surface area contributed by atoms with Crippen LogP contribution >= 0.6 is 23.2 Å². The van der Waals surface area contributed by atoms with Crippen LogP contribution in [0.4, 0.5) is 11.4 Å². The van der Waals surface area contributed by atoms with Crippen LogP contribution in [0.15, 0.2) is 42.5 Å². The fourth-order valence-corrected chi connectivity index (χ4v) is 3.15. The minimum atomic E-state index is -0.386. The number of nitro benzene ring substituents is 1. The van der Waals surface area contributed by atoms with Crippen molar-refractivity contribution in [1.82, 2.24) is 4.90 Å². The Kier molecular flexibility index (Phi) is 5.11. The van der Waals surface area contributed by atoms with Crippen LogP contribution < -0.4 is 4.90 Å². The average Bonchev–Trinajstić information content (AvgIpc) is 2.63. The van der Waals surface area contributed by atoms with Gasteiger partial charge in [0.1, 0.15) is 5.69 Å². The highest BCUT2D eigenvalue weighted by atomic mass is 35.5. The Morgan fingerprint density at radius 1 is 1.00 bits per heavy atom. The zero-order valence-corrected chi connectivity index (χ0v) is 14.7. The number of carbonyl (C=O) groups is 1. The predicted octanol–water partition coefficient (Wildman–Crippen LogP) is 3.86. The first-order valence-electron chi connectivity index (χ1n) is 7.70. The lowest BCUT2D eigenvalue weighted by molar-refractivity contribution is -0.384. The van der Waals surface area contributed by atoms with Gasteiger partial charge in [0, 0.05) is 37.8 Å². The maximum atomic E-state index is 12.6. The Balaban J connectivity index is 1.71. The molecular weight excluding hydrogens is 365 g/mol. The number of para-hydroxylation sites is 2. The molecule has 1 amide bonds. The van der Waals surface area contributed by atoms with Gasteiger partial charge in [0.05, 0.1) is 15.0 Å². The summed E-state index contributed by atoms with van der Waals surface area (Å²) in [5, 5.41) is 11.9. The summed E-state index contributed by atoms with van der Waals surface area (Å²) in [6.07, 6.45) is 0. The Morgan fingerprint density at radius 3 is 2.32 bits per heavy atom. The Morgan fingerprint density at radius 2 is 1.68 bits per heavy atom. The standard InChI is InChI=1S/C17H15Cl2N3O3/c18-13-6-5-12(11-14(13)19)17(23)21-9-7-20(8-10-21)15-3-1-2-4-16(15)22(24)25/h1-6,11H,7-10H2. The van der Waals surface area contributed by atoms with Gasteiger partial charge in [-0.3, -0.25) is 14.9 Å². The lowest BCUT2D eigenvalue weighted by Gasteiger charge is -2.35. The van der Waals surface area contributed by atoms with Crippen LogP contribution in [0.3, 0.4) is 0 Å². The number of nitrogens with zero attached hydrogens (tertiary/aromatic N) is 3. The summed E-state index contributed by atoms with van der Waals surface area (Å²) >= 11 is 11.9. The van der Waals surface area contributed by atoms with E-state index in [0.29, 0.717) is 47.5 Å². The van der Waals surface area contributed by atoms with Gasteiger partial charge >= 0.3 is 0 Å². The van der Waals surface area contributed by atoms with Crippen molar-refractivity contribution < 1.29 is 9.72 Å². The summed E-state index contributed by atoms with van der Waals surface area (Å²) in [7, 11) is 0. The van der Waals surface area contributed by atoms with Crippen LogP contribution in [0.1, 0.15) is 10.4 Å². The molecule has 0 N–H and O–H groups in total. The third-order valence-corrected chi connectivity index (χ3v) is 4.89. The Hall–Kier alpha value is -2.31. The molecule has 130 valence electrons. The summed E-state index contributed by atoms with van der Waals surface area (Å²) in [6, 6.07) is 11.4. The molecule has 1 aliphatic heterocycles. The third-order valence-electron chi connectivity index (χ3n) is 4.15. The van der Waals surface area contributed by atoms with E-state index in [1.54, 1.807) is 41.3 Å². The monoisotopic (exact) mass is 379 g/mol. The molecule has 0 spiro atoms. The molecular formula is C17H15Cl2N3O3. The van der Waals surface area contributed by atoms with Gasteiger partial charge in [0.25, 0.3) is 11.6 Å². The molecule has 0 aliphatic carbocycles. The number of amides is 1. The van der Waals surface area contributed by atoms with E-state index in [2.05, 4.69) is 0 Å². The first-order valence-corrected chi connectivity index (χ1v) is 8.45. The third kappa shape index (κ3) is 3.70. The molecule has 1 aliphatic rings. The number of hydrogen-bond acceptors (Lipinski definition) is 4. The van der Waals surface area contributed by atoms with Gasteiger partial charge in [-0.2, -0.15) is 0 Å². The normalized spacial score (nSPS) is 14.5. The number of hydrogen-bond donors (Lipinski definition) is 0. The van der Waals surface area contributed by atoms with Crippen LogP contribution in [0, 0.1) is 10.1 Å². The molecule has 0 saturated carbocycles. The number of piperazine rings is 1. The molecule has 1 heterocycles. The summed E-state index contributed by atoms with van der Waals surface area (Å²) in [5.41, 5.74) is 1.13. The number of anilines is 1. The minimum absolute atomic E-state index is 0.0757. The van der Waals surface area contributed by atoms with E-state index in [1.807, 2.05) is 4.90 Å². The van der Waals surface area contributed by atoms with E-state index >= 15 is 0 Å². The molecule has 1 saturated heterocycles. The molecule has 3 rings (SSSR count). The molecule has 2 aromatic rings. The topological polar surface area (TPSA) is 66.7 Å². The molecule has 0 atom stereocenters. The summed E-state index contributed by atoms with van der Waals surface area (Å²) in [5.74, 6) is -0.124. The van der Waals surface area contributed by atoms with Gasteiger partial charge in [-0.25, -0.2) is 0 Å². The maximum Gasteiger partial charge on any atom is 0.292 e. The lowest BCUT2D eigenvalue weighted by Crippen LogP contribution is -2.48. The van der Waals surface area contributed by atoms with Gasteiger partial charge in [-0.1, -0.05) is 35.3 Å². The first kappa shape index (κ1) is 17.5. The largest absolute Gasteiger partial charge is 0.362 e. The first-order chi connectivity index (χ1) is 12.0. The zero-order valence-electron chi connectivity index (χ0n) is 13.2. The fourth-order valence-electron chi connectivity index (χ4n) is 2.85. The Bertz CT molecular complexity index is 821. The predicted molar refractivity (Wildman–Crippen MR) is 97.7 cm³/mol. The second kappa shape index (κ2) is 7.29. The van der Waals surface area contributed by atoms with E-state index in [4.69, 9.17) is 23.2 Å². The van der Waals surface area contributed by atoms with Gasteiger partial charge in [-0.15, -0.1) is 0 Å². The van der Waals surface area contributed by atoms with Crippen LogP contribution in [0.5, 0.6) is 0 Å². The van der Waals surface area contributed by atoms with Gasteiger partial charge in [0.15, 0.2) is 0 Å². The van der Waals surface area contributed by atoms with Crippen molar-refractivity contribution in [3.63, 3.8) is 0 Å². The van der Waals surface area contributed by atoms with Crippen molar-refractivity contribution >= 4 is 40.5 Å². The molecule has 0 radical (unpaired) electrons. The second-order valence-corrected chi connectivity index (χ2v) is 6.47. The second-order valence-electron chi connectivity index (χ2n) is 5.65. The number of nitro groups is 1. The summed E-state index contributed by atoms with van der Waals surface area (Å²) in [4.78, 5) is 27.0. The van der Waals surface area contributed by atoms with E-state index in [-0.39, 0.29) is 16.5 Å². The number of rotatable bonds is 3.